The lowest BCUT2D eigenvalue weighted by molar-refractivity contribution is -0.140. The zero-order valence-corrected chi connectivity index (χ0v) is 22.0. The zero-order chi connectivity index (χ0) is 26.6. The molecule has 3 aromatic heterocycles. The van der Waals surface area contributed by atoms with Crippen LogP contribution in [0, 0.1) is 6.92 Å². The van der Waals surface area contributed by atoms with Crippen LogP contribution in [0.15, 0.2) is 91.6 Å². The predicted molar refractivity (Wildman–Crippen MR) is 151 cm³/mol. The Morgan fingerprint density at radius 3 is 2.61 bits per heavy atom. The highest BCUT2D eigenvalue weighted by Crippen LogP contribution is 2.30. The Labute approximate surface area is 224 Å². The van der Waals surface area contributed by atoms with Gasteiger partial charge in [-0.15, -0.1) is 0 Å². The van der Waals surface area contributed by atoms with E-state index in [1.54, 1.807) is 35.9 Å². The molecule has 3 heterocycles. The van der Waals surface area contributed by atoms with E-state index in [2.05, 4.69) is 21.0 Å². The maximum Gasteiger partial charge on any atom is 0.326 e. The van der Waals surface area contributed by atoms with Gasteiger partial charge in [0, 0.05) is 32.0 Å². The molecular weight excluding hydrogens is 548 g/mol. The molecule has 1 atom stereocenters. The van der Waals surface area contributed by atoms with Gasteiger partial charge < -0.3 is 14.1 Å². The largest absolute Gasteiger partial charge is 0.480 e. The second kappa shape index (κ2) is 9.11. The molecule has 3 aromatic carbocycles. The zero-order valence-electron chi connectivity index (χ0n) is 20.4. The van der Waals surface area contributed by atoms with Crippen LogP contribution in [-0.2, 0) is 4.79 Å². The average Bonchev–Trinajstić information content (AvgIpc) is 3.45. The van der Waals surface area contributed by atoms with Crippen LogP contribution in [-0.4, -0.2) is 31.5 Å². The van der Waals surface area contributed by atoms with E-state index in [-0.39, 0.29) is 11.4 Å². The summed E-state index contributed by atoms with van der Waals surface area (Å²) in [7, 11) is 0. The highest BCUT2D eigenvalue weighted by Gasteiger charge is 2.22. The van der Waals surface area contributed by atoms with E-state index in [1.165, 1.54) is 4.68 Å². The summed E-state index contributed by atoms with van der Waals surface area (Å²) in [6.07, 6.45) is 1.59. The fourth-order valence-electron chi connectivity index (χ4n) is 4.82. The molecule has 0 radical (unpaired) electrons. The van der Waals surface area contributed by atoms with Gasteiger partial charge in [-0.1, -0.05) is 46.3 Å². The minimum atomic E-state index is -0.939. The third kappa shape index (κ3) is 3.83. The standard InChI is InChI=1S/C29H21BrN4O4/c1-16-22(20-7-4-6-10-24(20)33(16)17(2)29(36)37)15-31-34-27(32-23-9-5-3-8-21(23)28(34)35)26-14-18-13-19(30)11-12-25(18)38-26/h3-15,17H,1-2H3,(H,36,37)/t17-/m1/s1. The van der Waals surface area contributed by atoms with Crippen molar-refractivity contribution in [2.75, 3.05) is 0 Å². The second-order valence-corrected chi connectivity index (χ2v) is 9.92. The van der Waals surface area contributed by atoms with E-state index in [0.29, 0.717) is 27.8 Å². The van der Waals surface area contributed by atoms with Crippen molar-refractivity contribution >= 4 is 60.9 Å². The van der Waals surface area contributed by atoms with E-state index < -0.39 is 12.0 Å². The molecular formula is C29H21BrN4O4. The number of aromatic nitrogens is 3. The normalized spacial score (nSPS) is 12.7. The number of fused-ring (bicyclic) bond motifs is 3. The lowest BCUT2D eigenvalue weighted by Crippen LogP contribution is -2.20. The number of halogens is 1. The molecule has 0 aliphatic heterocycles. The molecule has 0 aliphatic rings. The van der Waals surface area contributed by atoms with Crippen molar-refractivity contribution in [3.8, 4) is 11.6 Å². The van der Waals surface area contributed by atoms with E-state index in [0.717, 1.165) is 26.5 Å². The Morgan fingerprint density at radius 1 is 1.08 bits per heavy atom. The summed E-state index contributed by atoms with van der Waals surface area (Å²) in [6.45, 7) is 3.48. The summed E-state index contributed by atoms with van der Waals surface area (Å²) in [6, 6.07) is 21.3. The lowest BCUT2D eigenvalue weighted by atomic mass is 10.1. The van der Waals surface area contributed by atoms with Crippen LogP contribution in [0.25, 0.3) is 44.4 Å². The van der Waals surface area contributed by atoms with Gasteiger partial charge in [-0.05, 0) is 56.3 Å². The molecule has 188 valence electrons. The van der Waals surface area contributed by atoms with Gasteiger partial charge in [-0.2, -0.15) is 9.78 Å². The minimum absolute atomic E-state index is 0.262. The minimum Gasteiger partial charge on any atom is -0.480 e. The molecule has 6 aromatic rings. The number of benzene rings is 3. The average molecular weight is 569 g/mol. The highest BCUT2D eigenvalue weighted by atomic mass is 79.9. The molecule has 38 heavy (non-hydrogen) atoms. The van der Waals surface area contributed by atoms with E-state index in [1.807, 2.05) is 61.5 Å². The van der Waals surface area contributed by atoms with Gasteiger partial charge in [0.25, 0.3) is 5.56 Å². The van der Waals surface area contributed by atoms with E-state index in [4.69, 9.17) is 9.40 Å². The summed E-state index contributed by atoms with van der Waals surface area (Å²) >= 11 is 3.48. The number of carboxylic acid groups (broad SMARTS) is 1. The maximum atomic E-state index is 13.6. The Bertz CT molecular complexity index is 1980. The molecule has 0 amide bonds. The third-order valence-electron chi connectivity index (χ3n) is 6.70. The topological polar surface area (TPSA) is 103 Å². The summed E-state index contributed by atoms with van der Waals surface area (Å²) in [4.78, 5) is 30.2. The van der Waals surface area contributed by atoms with E-state index >= 15 is 0 Å². The number of hydrogen-bond acceptors (Lipinski definition) is 5. The smallest absolute Gasteiger partial charge is 0.326 e. The van der Waals surface area contributed by atoms with Crippen molar-refractivity contribution in [1.29, 1.82) is 0 Å². The first kappa shape index (κ1) is 23.9. The molecule has 0 bridgehead atoms. The van der Waals surface area contributed by atoms with Crippen LogP contribution in [0.1, 0.15) is 24.2 Å². The van der Waals surface area contributed by atoms with Crippen LogP contribution in [0.2, 0.25) is 0 Å². The monoisotopic (exact) mass is 568 g/mol. The van der Waals surface area contributed by atoms with Crippen LogP contribution < -0.4 is 5.56 Å². The lowest BCUT2D eigenvalue weighted by Gasteiger charge is -2.13. The maximum absolute atomic E-state index is 13.6. The Hall–Kier alpha value is -4.50. The first-order valence-electron chi connectivity index (χ1n) is 11.9. The van der Waals surface area contributed by atoms with Gasteiger partial charge in [0.05, 0.1) is 17.1 Å². The van der Waals surface area contributed by atoms with Gasteiger partial charge in [0.2, 0.25) is 5.82 Å². The summed E-state index contributed by atoms with van der Waals surface area (Å²) < 4.78 is 9.98. The van der Waals surface area contributed by atoms with Crippen LogP contribution >= 0.6 is 15.9 Å². The van der Waals surface area contributed by atoms with Crippen molar-refractivity contribution in [3.63, 3.8) is 0 Å². The molecule has 0 spiro atoms. The van der Waals surface area contributed by atoms with Gasteiger partial charge in [-0.25, -0.2) is 9.78 Å². The number of carboxylic acids is 1. The van der Waals surface area contributed by atoms with Crippen LogP contribution in [0.4, 0.5) is 0 Å². The molecule has 8 nitrogen and oxygen atoms in total. The molecule has 0 unspecified atom stereocenters. The van der Waals surface area contributed by atoms with Crippen molar-refractivity contribution in [1.82, 2.24) is 14.2 Å². The molecule has 0 fully saturated rings. The molecule has 1 N–H and O–H groups in total. The third-order valence-corrected chi connectivity index (χ3v) is 7.20. The predicted octanol–water partition coefficient (Wildman–Crippen LogP) is 6.36. The fraction of sp³-hybridized carbons (Fsp3) is 0.103. The number of furan rings is 1. The van der Waals surface area contributed by atoms with Crippen LogP contribution in [0.3, 0.4) is 0 Å². The van der Waals surface area contributed by atoms with E-state index in [9.17, 15) is 14.7 Å². The molecule has 0 saturated carbocycles. The molecule has 0 saturated heterocycles. The van der Waals surface area contributed by atoms with Crippen molar-refractivity contribution in [3.05, 3.63) is 98.9 Å². The van der Waals surface area contributed by atoms with Crippen molar-refractivity contribution in [2.45, 2.75) is 19.9 Å². The Kier molecular flexibility index (Phi) is 5.72. The Balaban J connectivity index is 1.59. The quantitative estimate of drug-likeness (QED) is 0.243. The van der Waals surface area contributed by atoms with Gasteiger partial charge in [0.1, 0.15) is 11.6 Å². The number of aliphatic carboxylic acids is 1. The van der Waals surface area contributed by atoms with Gasteiger partial charge in [0.15, 0.2) is 5.76 Å². The van der Waals surface area contributed by atoms with Gasteiger partial charge in [-0.3, -0.25) is 4.79 Å². The second-order valence-electron chi connectivity index (χ2n) is 9.01. The SMILES string of the molecule is Cc1c(C=Nn2c(-c3cc4cc(Br)ccc4o3)nc3ccccc3c2=O)c2ccccc2n1[C@H](C)C(=O)O. The van der Waals surface area contributed by atoms with Crippen molar-refractivity contribution < 1.29 is 14.3 Å². The number of para-hydroxylation sites is 2. The first-order chi connectivity index (χ1) is 18.3. The molecule has 0 aliphatic carbocycles. The molecule has 9 heteroatoms. The van der Waals surface area contributed by atoms with Crippen molar-refractivity contribution in [2.24, 2.45) is 5.10 Å². The Morgan fingerprint density at radius 2 is 1.82 bits per heavy atom. The van der Waals surface area contributed by atoms with Crippen LogP contribution in [0.5, 0.6) is 0 Å². The fourth-order valence-corrected chi connectivity index (χ4v) is 5.20. The highest BCUT2D eigenvalue weighted by molar-refractivity contribution is 9.10. The number of carbonyl (C=O) groups is 1. The number of nitrogens with zero attached hydrogens (tertiary/aromatic N) is 4. The first-order valence-corrected chi connectivity index (χ1v) is 12.7. The summed E-state index contributed by atoms with van der Waals surface area (Å²) in [5.74, 6) is -0.277. The number of hydrogen-bond donors (Lipinski definition) is 1. The van der Waals surface area contributed by atoms with Gasteiger partial charge >= 0.3 is 5.97 Å². The summed E-state index contributed by atoms with van der Waals surface area (Å²) in [5.41, 5.74) is 3.05. The summed E-state index contributed by atoms with van der Waals surface area (Å²) in [5, 5.41) is 16.4. The molecule has 6 rings (SSSR count). The number of rotatable bonds is 5.